The average molecular weight is 330 g/mol. The first-order valence-corrected chi connectivity index (χ1v) is 7.95. The van der Waals surface area contributed by atoms with Crippen LogP contribution in [-0.2, 0) is 22.5 Å². The SMILES string of the molecule is CCOC(=O)NCCC(=O)Nc1ccnn1CCc1ccccc1. The molecule has 0 atom stereocenters. The molecule has 24 heavy (non-hydrogen) atoms. The van der Waals surface area contributed by atoms with Crippen molar-refractivity contribution in [2.24, 2.45) is 0 Å². The van der Waals surface area contributed by atoms with Crippen LogP contribution in [-0.4, -0.2) is 34.9 Å². The number of anilines is 1. The molecule has 0 aliphatic carbocycles. The van der Waals surface area contributed by atoms with Crippen molar-refractivity contribution in [2.75, 3.05) is 18.5 Å². The van der Waals surface area contributed by atoms with E-state index >= 15 is 0 Å². The first kappa shape index (κ1) is 17.5. The summed E-state index contributed by atoms with van der Waals surface area (Å²) in [4.78, 5) is 23.1. The van der Waals surface area contributed by atoms with Crippen LogP contribution in [0.3, 0.4) is 0 Å². The van der Waals surface area contributed by atoms with Gasteiger partial charge in [-0.2, -0.15) is 5.10 Å². The van der Waals surface area contributed by atoms with Crippen LogP contribution in [0, 0.1) is 0 Å². The maximum absolute atomic E-state index is 11.9. The highest BCUT2D eigenvalue weighted by molar-refractivity contribution is 5.90. The van der Waals surface area contributed by atoms with Crippen LogP contribution in [0.5, 0.6) is 0 Å². The van der Waals surface area contributed by atoms with Crippen LogP contribution in [0.15, 0.2) is 42.6 Å². The highest BCUT2D eigenvalue weighted by Crippen LogP contribution is 2.09. The van der Waals surface area contributed by atoms with Gasteiger partial charge in [0, 0.05) is 25.6 Å². The zero-order chi connectivity index (χ0) is 17.2. The van der Waals surface area contributed by atoms with Crippen molar-refractivity contribution in [2.45, 2.75) is 26.3 Å². The Kier molecular flexibility index (Phi) is 6.82. The summed E-state index contributed by atoms with van der Waals surface area (Å²) in [6.07, 6.45) is 2.13. The van der Waals surface area contributed by atoms with Gasteiger partial charge in [-0.1, -0.05) is 30.3 Å². The van der Waals surface area contributed by atoms with E-state index in [9.17, 15) is 9.59 Å². The molecule has 0 aliphatic heterocycles. The summed E-state index contributed by atoms with van der Waals surface area (Å²) in [7, 11) is 0. The first-order chi connectivity index (χ1) is 11.7. The van der Waals surface area contributed by atoms with Gasteiger partial charge in [0.05, 0.1) is 12.8 Å². The Morgan fingerprint density at radius 1 is 1.21 bits per heavy atom. The number of aromatic nitrogens is 2. The molecule has 0 bridgehead atoms. The van der Waals surface area contributed by atoms with Crippen molar-refractivity contribution in [1.82, 2.24) is 15.1 Å². The van der Waals surface area contributed by atoms with Crippen LogP contribution >= 0.6 is 0 Å². The van der Waals surface area contributed by atoms with Crippen LogP contribution < -0.4 is 10.6 Å². The number of nitrogens with zero attached hydrogens (tertiary/aromatic N) is 2. The van der Waals surface area contributed by atoms with Gasteiger partial charge in [-0.05, 0) is 18.9 Å². The third kappa shape index (κ3) is 5.75. The predicted octanol–water partition coefficient (Wildman–Crippen LogP) is 2.20. The Labute approximate surface area is 141 Å². The maximum atomic E-state index is 11.9. The van der Waals surface area contributed by atoms with E-state index in [-0.39, 0.29) is 18.9 Å². The molecule has 2 N–H and O–H groups in total. The van der Waals surface area contributed by atoms with Crippen molar-refractivity contribution in [1.29, 1.82) is 0 Å². The van der Waals surface area contributed by atoms with Crippen LogP contribution in [0.25, 0.3) is 0 Å². The molecule has 0 unspecified atom stereocenters. The van der Waals surface area contributed by atoms with Gasteiger partial charge in [0.1, 0.15) is 5.82 Å². The van der Waals surface area contributed by atoms with Gasteiger partial charge in [-0.15, -0.1) is 0 Å². The molecule has 0 fully saturated rings. The lowest BCUT2D eigenvalue weighted by Crippen LogP contribution is -2.28. The van der Waals surface area contributed by atoms with Gasteiger partial charge >= 0.3 is 6.09 Å². The largest absolute Gasteiger partial charge is 0.450 e. The number of hydrogen-bond acceptors (Lipinski definition) is 4. The number of carbonyl (C=O) groups is 2. The summed E-state index contributed by atoms with van der Waals surface area (Å²) in [5, 5.41) is 9.54. The number of aryl methyl sites for hydroxylation is 2. The minimum absolute atomic E-state index is 0.169. The molecule has 0 radical (unpaired) electrons. The van der Waals surface area contributed by atoms with Gasteiger partial charge in [0.15, 0.2) is 0 Å². The van der Waals surface area contributed by atoms with Crippen LogP contribution in [0.4, 0.5) is 10.6 Å². The van der Waals surface area contributed by atoms with E-state index in [1.54, 1.807) is 23.9 Å². The number of rotatable bonds is 8. The minimum Gasteiger partial charge on any atom is -0.450 e. The Morgan fingerprint density at radius 3 is 2.75 bits per heavy atom. The molecule has 2 aromatic rings. The second-order valence-electron chi connectivity index (χ2n) is 5.12. The fraction of sp³-hybridized carbons (Fsp3) is 0.353. The summed E-state index contributed by atoms with van der Waals surface area (Å²) in [6.45, 7) is 2.93. The number of alkyl carbamates (subject to hydrolysis) is 1. The van der Waals surface area contributed by atoms with E-state index in [2.05, 4.69) is 27.9 Å². The normalized spacial score (nSPS) is 10.2. The third-order valence-electron chi connectivity index (χ3n) is 3.34. The summed E-state index contributed by atoms with van der Waals surface area (Å²) in [5.41, 5.74) is 1.21. The van der Waals surface area contributed by atoms with Crippen molar-refractivity contribution in [3.05, 3.63) is 48.2 Å². The quantitative estimate of drug-likeness (QED) is 0.777. The Hall–Kier alpha value is -2.83. The van der Waals surface area contributed by atoms with Crippen molar-refractivity contribution < 1.29 is 14.3 Å². The van der Waals surface area contributed by atoms with Crippen molar-refractivity contribution >= 4 is 17.8 Å². The standard InChI is InChI=1S/C17H22N4O3/c1-2-24-17(23)18-11-9-16(22)20-15-8-12-19-21(15)13-10-14-6-4-3-5-7-14/h3-8,12H,2,9-11,13H2,1H3,(H,18,23)(H,20,22). The number of benzene rings is 1. The summed E-state index contributed by atoms with van der Waals surface area (Å²) < 4.78 is 6.48. The number of carbonyl (C=O) groups excluding carboxylic acids is 2. The Morgan fingerprint density at radius 2 is 2.00 bits per heavy atom. The molecule has 1 aromatic carbocycles. The molecule has 2 rings (SSSR count). The van der Waals surface area contributed by atoms with Gasteiger partial charge < -0.3 is 15.4 Å². The van der Waals surface area contributed by atoms with Gasteiger partial charge in [-0.25, -0.2) is 9.48 Å². The number of amides is 2. The smallest absolute Gasteiger partial charge is 0.407 e. The fourth-order valence-corrected chi connectivity index (χ4v) is 2.16. The summed E-state index contributed by atoms with van der Waals surface area (Å²) in [5.74, 6) is 0.459. The number of hydrogen-bond donors (Lipinski definition) is 2. The van der Waals surface area contributed by atoms with Crippen LogP contribution in [0.1, 0.15) is 18.9 Å². The monoisotopic (exact) mass is 330 g/mol. The zero-order valence-corrected chi connectivity index (χ0v) is 13.7. The second-order valence-corrected chi connectivity index (χ2v) is 5.12. The molecule has 1 aromatic heterocycles. The van der Waals surface area contributed by atoms with Crippen molar-refractivity contribution in [3.8, 4) is 0 Å². The lowest BCUT2D eigenvalue weighted by atomic mass is 10.1. The highest BCUT2D eigenvalue weighted by Gasteiger charge is 2.08. The highest BCUT2D eigenvalue weighted by atomic mass is 16.5. The van der Waals surface area contributed by atoms with E-state index < -0.39 is 6.09 Å². The molecule has 2 amide bonds. The number of ether oxygens (including phenoxy) is 1. The van der Waals surface area contributed by atoms with E-state index in [0.29, 0.717) is 19.0 Å². The third-order valence-corrected chi connectivity index (χ3v) is 3.34. The predicted molar refractivity (Wildman–Crippen MR) is 90.6 cm³/mol. The maximum Gasteiger partial charge on any atom is 0.407 e. The molecular formula is C17H22N4O3. The molecule has 0 saturated carbocycles. The Balaban J connectivity index is 1.77. The van der Waals surface area contributed by atoms with Gasteiger partial charge in [0.25, 0.3) is 0 Å². The molecule has 7 nitrogen and oxygen atoms in total. The molecule has 128 valence electrons. The second kappa shape index (κ2) is 9.34. The van der Waals surface area contributed by atoms with E-state index in [4.69, 9.17) is 4.74 Å². The fourth-order valence-electron chi connectivity index (χ4n) is 2.16. The molecule has 0 aliphatic rings. The van der Waals surface area contributed by atoms with E-state index in [0.717, 1.165) is 6.42 Å². The number of nitrogens with one attached hydrogen (secondary N) is 2. The summed E-state index contributed by atoms with van der Waals surface area (Å²) in [6, 6.07) is 11.8. The van der Waals surface area contributed by atoms with E-state index in [1.807, 2.05) is 18.2 Å². The van der Waals surface area contributed by atoms with Crippen molar-refractivity contribution in [3.63, 3.8) is 0 Å². The first-order valence-electron chi connectivity index (χ1n) is 7.95. The molecular weight excluding hydrogens is 308 g/mol. The zero-order valence-electron chi connectivity index (χ0n) is 13.7. The van der Waals surface area contributed by atoms with Crippen LogP contribution in [0.2, 0.25) is 0 Å². The van der Waals surface area contributed by atoms with E-state index in [1.165, 1.54) is 5.56 Å². The molecule has 1 heterocycles. The van der Waals surface area contributed by atoms with Gasteiger partial charge in [0.2, 0.25) is 5.91 Å². The Bertz CT molecular complexity index is 655. The molecule has 0 spiro atoms. The molecule has 0 saturated heterocycles. The minimum atomic E-state index is -0.516. The lowest BCUT2D eigenvalue weighted by molar-refractivity contribution is -0.116. The molecule has 7 heteroatoms. The topological polar surface area (TPSA) is 85.2 Å². The lowest BCUT2D eigenvalue weighted by Gasteiger charge is -2.09. The summed E-state index contributed by atoms with van der Waals surface area (Å²) >= 11 is 0. The van der Waals surface area contributed by atoms with Gasteiger partial charge in [-0.3, -0.25) is 4.79 Å². The average Bonchev–Trinajstić information content (AvgIpc) is 3.01.